The van der Waals surface area contributed by atoms with Crippen LogP contribution in [0.15, 0.2) is 91.5 Å². The highest BCUT2D eigenvalue weighted by Gasteiger charge is 2.22. The number of urea groups is 1. The van der Waals surface area contributed by atoms with Gasteiger partial charge in [0, 0.05) is 56.2 Å². The molecule has 1 aliphatic rings. The van der Waals surface area contributed by atoms with Gasteiger partial charge < -0.3 is 30.5 Å². The highest BCUT2D eigenvalue weighted by molar-refractivity contribution is 6.01. The minimum atomic E-state index is -0.399. The molecule has 3 N–H and O–H groups in total. The molecular weight excluding hydrogens is 568 g/mol. The van der Waals surface area contributed by atoms with Gasteiger partial charge in [0.15, 0.2) is 0 Å². The number of ether oxygens (including phenoxy) is 1. The fourth-order valence-electron chi connectivity index (χ4n) is 5.04. The molecule has 1 saturated heterocycles. The number of carbonyl (C=O) groups excluding carboxylic acids is 2. The fourth-order valence-corrected chi connectivity index (χ4v) is 5.04. The summed E-state index contributed by atoms with van der Waals surface area (Å²) < 4.78 is 5.75. The van der Waals surface area contributed by atoms with Crippen LogP contribution in [0.5, 0.6) is 5.75 Å². The number of carbonyl (C=O) groups is 2. The van der Waals surface area contributed by atoms with Gasteiger partial charge in [0.1, 0.15) is 23.2 Å². The third kappa shape index (κ3) is 7.95. The molecule has 0 atom stereocenters. The lowest BCUT2D eigenvalue weighted by atomic mass is 10.2. The van der Waals surface area contributed by atoms with E-state index in [0.717, 1.165) is 43.1 Å². The van der Waals surface area contributed by atoms with Crippen molar-refractivity contribution in [2.24, 2.45) is 0 Å². The van der Waals surface area contributed by atoms with Gasteiger partial charge in [-0.1, -0.05) is 43.0 Å². The Labute approximate surface area is 263 Å². The Hall–Kier alpha value is -5.42. The number of anilines is 6. The Morgan fingerprint density at radius 2 is 1.76 bits per heavy atom. The van der Waals surface area contributed by atoms with Crippen LogP contribution in [0.3, 0.4) is 0 Å². The molecule has 3 aromatic carbocycles. The van der Waals surface area contributed by atoms with E-state index in [9.17, 15) is 9.59 Å². The van der Waals surface area contributed by atoms with Gasteiger partial charge in [-0.25, -0.2) is 19.7 Å². The van der Waals surface area contributed by atoms with E-state index in [2.05, 4.69) is 55.4 Å². The number of aromatic nitrogens is 2. The number of amides is 3. The average Bonchev–Trinajstić information content (AvgIpc) is 3.05. The van der Waals surface area contributed by atoms with E-state index in [1.807, 2.05) is 42.5 Å². The maximum absolute atomic E-state index is 13.8. The van der Waals surface area contributed by atoms with Gasteiger partial charge in [0.2, 0.25) is 5.91 Å². The van der Waals surface area contributed by atoms with E-state index in [1.54, 1.807) is 44.4 Å². The van der Waals surface area contributed by atoms with Crippen LogP contribution in [-0.2, 0) is 11.3 Å². The molecule has 0 aliphatic carbocycles. The van der Waals surface area contributed by atoms with Crippen molar-refractivity contribution >= 4 is 46.3 Å². The first kappa shape index (κ1) is 31.0. The number of aryl methyl sites for hydroxylation is 1. The summed E-state index contributed by atoms with van der Waals surface area (Å²) >= 11 is 0. The van der Waals surface area contributed by atoms with Crippen molar-refractivity contribution in [1.29, 1.82) is 0 Å². The quantitative estimate of drug-likeness (QED) is 0.204. The summed E-state index contributed by atoms with van der Waals surface area (Å²) in [6, 6.07) is 24.0. The molecule has 2 heterocycles. The first-order valence-electron chi connectivity index (χ1n) is 14.7. The Morgan fingerprint density at radius 1 is 0.978 bits per heavy atom. The van der Waals surface area contributed by atoms with Crippen molar-refractivity contribution < 1.29 is 14.3 Å². The number of piperazine rings is 1. The van der Waals surface area contributed by atoms with Gasteiger partial charge in [0.05, 0.1) is 18.5 Å². The van der Waals surface area contributed by atoms with E-state index >= 15 is 0 Å². The average molecular weight is 607 g/mol. The van der Waals surface area contributed by atoms with Crippen molar-refractivity contribution in [3.8, 4) is 5.75 Å². The molecule has 0 unspecified atom stereocenters. The summed E-state index contributed by atoms with van der Waals surface area (Å²) in [6.45, 7) is 9.50. The lowest BCUT2D eigenvalue weighted by molar-refractivity contribution is -0.111. The zero-order valence-electron chi connectivity index (χ0n) is 25.8. The molecule has 1 aliphatic heterocycles. The lowest BCUT2D eigenvalue weighted by Crippen LogP contribution is -2.44. The predicted octanol–water partition coefficient (Wildman–Crippen LogP) is 5.46. The molecular formula is C34H38N8O3. The Balaban J connectivity index is 1.45. The number of rotatable bonds is 10. The smallest absolute Gasteiger partial charge is 0.327 e. The van der Waals surface area contributed by atoms with Crippen molar-refractivity contribution in [2.45, 2.75) is 13.5 Å². The Bertz CT molecular complexity index is 1650. The van der Waals surface area contributed by atoms with Crippen LogP contribution in [0.4, 0.5) is 39.2 Å². The van der Waals surface area contributed by atoms with Crippen LogP contribution in [0.2, 0.25) is 0 Å². The van der Waals surface area contributed by atoms with Gasteiger partial charge in [-0.05, 0) is 55.9 Å². The number of hydrogen-bond donors (Lipinski definition) is 3. The van der Waals surface area contributed by atoms with E-state index in [1.165, 1.54) is 11.0 Å². The summed E-state index contributed by atoms with van der Waals surface area (Å²) in [7, 11) is 3.77. The zero-order valence-corrected chi connectivity index (χ0v) is 25.8. The van der Waals surface area contributed by atoms with Crippen molar-refractivity contribution in [2.75, 3.05) is 60.8 Å². The number of nitrogens with zero attached hydrogens (tertiary/aromatic N) is 5. The second kappa shape index (κ2) is 14.4. The van der Waals surface area contributed by atoms with Crippen LogP contribution in [0.25, 0.3) is 0 Å². The first-order chi connectivity index (χ1) is 21.8. The summed E-state index contributed by atoms with van der Waals surface area (Å²) in [5.41, 5.74) is 3.78. The molecule has 4 aromatic rings. The molecule has 11 nitrogen and oxygen atoms in total. The molecule has 0 spiro atoms. The topological polar surface area (TPSA) is 115 Å². The highest BCUT2D eigenvalue weighted by Crippen LogP contribution is 2.34. The van der Waals surface area contributed by atoms with Gasteiger partial charge in [-0.15, -0.1) is 0 Å². The SMILES string of the molecule is C=CC(=O)Nc1cccc(N(C(=O)NCc2ccccc2)c2cc(Nc3ccc(N4CCN(C)CC4)cc3OC)nc(C)n2)c1. The molecule has 232 valence electrons. The van der Waals surface area contributed by atoms with Crippen LogP contribution < -0.4 is 30.5 Å². The van der Waals surface area contributed by atoms with Gasteiger partial charge >= 0.3 is 6.03 Å². The molecule has 0 saturated carbocycles. The second-order valence-corrected chi connectivity index (χ2v) is 10.7. The summed E-state index contributed by atoms with van der Waals surface area (Å²) in [5.74, 6) is 1.60. The van der Waals surface area contributed by atoms with Crippen molar-refractivity contribution in [3.05, 3.63) is 103 Å². The number of nitrogens with one attached hydrogen (secondary N) is 3. The van der Waals surface area contributed by atoms with Gasteiger partial charge in [0.25, 0.3) is 0 Å². The number of benzene rings is 3. The van der Waals surface area contributed by atoms with E-state index in [4.69, 9.17) is 4.74 Å². The molecule has 11 heteroatoms. The molecule has 5 rings (SSSR count). The fraction of sp³-hybridized carbons (Fsp3) is 0.235. The molecule has 45 heavy (non-hydrogen) atoms. The summed E-state index contributed by atoms with van der Waals surface area (Å²) in [6.07, 6.45) is 1.19. The van der Waals surface area contributed by atoms with Crippen molar-refractivity contribution in [3.63, 3.8) is 0 Å². The maximum Gasteiger partial charge on any atom is 0.327 e. The van der Waals surface area contributed by atoms with Crippen LogP contribution >= 0.6 is 0 Å². The number of likely N-dealkylation sites (N-methyl/N-ethyl adjacent to an activating group) is 1. The van der Waals surface area contributed by atoms with Gasteiger partial charge in [-0.3, -0.25) is 4.79 Å². The minimum Gasteiger partial charge on any atom is -0.494 e. The molecule has 1 fully saturated rings. The van der Waals surface area contributed by atoms with Crippen LogP contribution in [-0.4, -0.2) is 67.1 Å². The number of methoxy groups -OCH3 is 1. The third-order valence-electron chi connectivity index (χ3n) is 7.42. The summed E-state index contributed by atoms with van der Waals surface area (Å²) in [4.78, 5) is 41.1. The van der Waals surface area contributed by atoms with E-state index in [-0.39, 0.29) is 5.91 Å². The van der Waals surface area contributed by atoms with E-state index < -0.39 is 6.03 Å². The predicted molar refractivity (Wildman–Crippen MR) is 179 cm³/mol. The number of hydrogen-bond acceptors (Lipinski definition) is 8. The second-order valence-electron chi connectivity index (χ2n) is 10.7. The summed E-state index contributed by atoms with van der Waals surface area (Å²) in [5, 5.41) is 9.10. The molecule has 0 bridgehead atoms. The normalized spacial score (nSPS) is 13.1. The largest absolute Gasteiger partial charge is 0.494 e. The van der Waals surface area contributed by atoms with Crippen LogP contribution in [0, 0.1) is 6.92 Å². The maximum atomic E-state index is 13.8. The molecule has 0 radical (unpaired) electrons. The van der Waals surface area contributed by atoms with E-state index in [0.29, 0.717) is 41.1 Å². The van der Waals surface area contributed by atoms with Gasteiger partial charge in [-0.2, -0.15) is 0 Å². The first-order valence-corrected chi connectivity index (χ1v) is 14.7. The third-order valence-corrected chi connectivity index (χ3v) is 7.42. The highest BCUT2D eigenvalue weighted by atomic mass is 16.5. The Morgan fingerprint density at radius 3 is 2.49 bits per heavy atom. The van der Waals surface area contributed by atoms with Crippen LogP contribution in [0.1, 0.15) is 11.4 Å². The lowest BCUT2D eigenvalue weighted by Gasteiger charge is -2.34. The monoisotopic (exact) mass is 606 g/mol. The molecule has 1 aromatic heterocycles. The minimum absolute atomic E-state index is 0.315. The van der Waals surface area contributed by atoms with Crippen molar-refractivity contribution in [1.82, 2.24) is 20.2 Å². The zero-order chi connectivity index (χ0) is 31.8. The standard InChI is InChI=1S/C34H38N8O3/c1-5-33(43)38-26-12-9-13-28(20-26)42(34(44)35-23-25-10-7-6-8-11-25)32-22-31(36-24(2)37-32)39-29-15-14-27(21-30(29)45-4)41-18-16-40(3)17-19-41/h5-15,20-22H,1,16-19,23H2,2-4H3,(H,35,44)(H,38,43)(H,36,37,39). The Kier molecular flexibility index (Phi) is 9.90. The molecule has 3 amide bonds.